The maximum absolute atomic E-state index is 5.45. The van der Waals surface area contributed by atoms with Crippen molar-refractivity contribution < 1.29 is 4.74 Å². The minimum absolute atomic E-state index is 0.387. The Balaban J connectivity index is 2.03. The zero-order valence-corrected chi connectivity index (χ0v) is 6.02. The molecule has 2 fully saturated rings. The molecule has 0 bridgehead atoms. The first-order chi connectivity index (χ1) is 4.33. The Morgan fingerprint density at radius 2 is 2.22 bits per heavy atom. The van der Waals surface area contributed by atoms with E-state index in [0.29, 0.717) is 5.60 Å². The van der Waals surface area contributed by atoms with E-state index in [9.17, 15) is 0 Å². The summed E-state index contributed by atoms with van der Waals surface area (Å²) in [6.45, 7) is 3.38. The van der Waals surface area contributed by atoms with Crippen molar-refractivity contribution in [3.8, 4) is 0 Å². The first-order valence-electron chi connectivity index (χ1n) is 3.97. The van der Waals surface area contributed by atoms with Gasteiger partial charge >= 0.3 is 0 Å². The highest BCUT2D eigenvalue weighted by Crippen LogP contribution is 2.45. The van der Waals surface area contributed by atoms with Crippen LogP contribution in [0.4, 0.5) is 0 Å². The molecular formula is C8H14O. The number of hydrogen-bond donors (Lipinski definition) is 0. The van der Waals surface area contributed by atoms with Gasteiger partial charge in [0.05, 0.1) is 12.2 Å². The Hall–Kier alpha value is -0.0400. The van der Waals surface area contributed by atoms with Crippen LogP contribution in [0.2, 0.25) is 0 Å². The van der Waals surface area contributed by atoms with Crippen LogP contribution in [0.25, 0.3) is 0 Å². The normalized spacial score (nSPS) is 49.7. The van der Waals surface area contributed by atoms with Crippen LogP contribution < -0.4 is 0 Å². The first kappa shape index (κ1) is 5.72. The quantitative estimate of drug-likeness (QED) is 0.452. The van der Waals surface area contributed by atoms with Gasteiger partial charge in [0.15, 0.2) is 0 Å². The van der Waals surface area contributed by atoms with Crippen molar-refractivity contribution >= 4 is 0 Å². The largest absolute Gasteiger partial charge is 0.369 e. The first-order valence-corrected chi connectivity index (χ1v) is 3.97. The van der Waals surface area contributed by atoms with Gasteiger partial charge in [-0.25, -0.2) is 0 Å². The molecule has 1 spiro atoms. The highest BCUT2D eigenvalue weighted by atomic mass is 16.6. The molecule has 1 heteroatoms. The van der Waals surface area contributed by atoms with Crippen molar-refractivity contribution in [1.29, 1.82) is 0 Å². The third kappa shape index (κ3) is 0.787. The molecule has 0 N–H and O–H groups in total. The summed E-state index contributed by atoms with van der Waals surface area (Å²) in [5.41, 5.74) is 0.387. The van der Waals surface area contributed by atoms with Crippen molar-refractivity contribution in [1.82, 2.24) is 0 Å². The van der Waals surface area contributed by atoms with Gasteiger partial charge < -0.3 is 4.74 Å². The third-order valence-corrected chi connectivity index (χ3v) is 2.90. The molecule has 0 unspecified atom stereocenters. The van der Waals surface area contributed by atoms with E-state index >= 15 is 0 Å². The van der Waals surface area contributed by atoms with E-state index < -0.39 is 0 Å². The zero-order valence-electron chi connectivity index (χ0n) is 6.02. The van der Waals surface area contributed by atoms with Crippen LogP contribution in [0, 0.1) is 5.92 Å². The second-order valence-corrected chi connectivity index (χ2v) is 3.50. The van der Waals surface area contributed by atoms with Crippen molar-refractivity contribution in [2.75, 3.05) is 6.61 Å². The second-order valence-electron chi connectivity index (χ2n) is 3.50. The summed E-state index contributed by atoms with van der Waals surface area (Å²) in [6, 6.07) is 0. The topological polar surface area (TPSA) is 12.5 Å². The number of ether oxygens (including phenoxy) is 1. The summed E-state index contributed by atoms with van der Waals surface area (Å²) in [4.78, 5) is 0. The van der Waals surface area contributed by atoms with Crippen LogP contribution in [-0.2, 0) is 4.74 Å². The van der Waals surface area contributed by atoms with Gasteiger partial charge in [0.25, 0.3) is 0 Å². The molecule has 2 aliphatic rings. The predicted octanol–water partition coefficient (Wildman–Crippen LogP) is 1.97. The number of epoxide rings is 1. The number of rotatable bonds is 0. The van der Waals surface area contributed by atoms with Crippen LogP contribution in [0.5, 0.6) is 0 Å². The van der Waals surface area contributed by atoms with E-state index in [1.165, 1.54) is 25.7 Å². The average molecular weight is 126 g/mol. The SMILES string of the molecule is C[C@H]1CCCC[C@]12CO2. The summed E-state index contributed by atoms with van der Waals surface area (Å²) in [5, 5.41) is 0. The monoisotopic (exact) mass is 126 g/mol. The summed E-state index contributed by atoms with van der Waals surface area (Å²) >= 11 is 0. The highest BCUT2D eigenvalue weighted by Gasteiger charge is 2.49. The molecule has 2 atom stereocenters. The summed E-state index contributed by atoms with van der Waals surface area (Å²) in [5.74, 6) is 0.839. The van der Waals surface area contributed by atoms with Gasteiger partial charge in [-0.3, -0.25) is 0 Å². The molecule has 0 aromatic rings. The molecule has 52 valence electrons. The van der Waals surface area contributed by atoms with Crippen molar-refractivity contribution in [2.45, 2.75) is 38.2 Å². The van der Waals surface area contributed by atoms with Crippen molar-refractivity contribution in [2.24, 2.45) is 5.92 Å². The Kier molecular flexibility index (Phi) is 1.10. The fourth-order valence-corrected chi connectivity index (χ4v) is 1.91. The van der Waals surface area contributed by atoms with Gasteiger partial charge in [0.1, 0.15) is 0 Å². The third-order valence-electron chi connectivity index (χ3n) is 2.90. The molecule has 9 heavy (non-hydrogen) atoms. The van der Waals surface area contributed by atoms with Gasteiger partial charge in [-0.15, -0.1) is 0 Å². The van der Waals surface area contributed by atoms with Gasteiger partial charge in [0.2, 0.25) is 0 Å². The maximum Gasteiger partial charge on any atom is 0.0941 e. The van der Waals surface area contributed by atoms with Gasteiger partial charge in [-0.05, 0) is 18.8 Å². The summed E-state index contributed by atoms with van der Waals surface area (Å²) < 4.78 is 5.45. The van der Waals surface area contributed by atoms with E-state index in [1.807, 2.05) is 0 Å². The predicted molar refractivity (Wildman–Crippen MR) is 36.3 cm³/mol. The molecule has 1 heterocycles. The standard InChI is InChI=1S/C8H14O/c1-7-4-2-3-5-8(7)6-9-8/h7H,2-6H2,1H3/t7-,8-/m0/s1. The number of hydrogen-bond acceptors (Lipinski definition) is 1. The van der Waals surface area contributed by atoms with Crippen LogP contribution in [0.15, 0.2) is 0 Å². The second kappa shape index (κ2) is 1.72. The van der Waals surface area contributed by atoms with Crippen LogP contribution >= 0.6 is 0 Å². The van der Waals surface area contributed by atoms with Crippen LogP contribution in [0.1, 0.15) is 32.6 Å². The lowest BCUT2D eigenvalue weighted by Gasteiger charge is -2.24. The highest BCUT2D eigenvalue weighted by molar-refractivity contribution is 4.98. The molecule has 0 aromatic carbocycles. The van der Waals surface area contributed by atoms with E-state index in [1.54, 1.807) is 0 Å². The molecule has 1 saturated heterocycles. The molecule has 1 nitrogen and oxygen atoms in total. The van der Waals surface area contributed by atoms with E-state index in [4.69, 9.17) is 4.74 Å². The molecule has 0 aromatic heterocycles. The van der Waals surface area contributed by atoms with E-state index in [2.05, 4.69) is 6.92 Å². The van der Waals surface area contributed by atoms with Gasteiger partial charge in [-0.1, -0.05) is 19.8 Å². The van der Waals surface area contributed by atoms with Crippen molar-refractivity contribution in [3.05, 3.63) is 0 Å². The maximum atomic E-state index is 5.45. The Morgan fingerprint density at radius 1 is 1.44 bits per heavy atom. The van der Waals surface area contributed by atoms with Gasteiger partial charge in [-0.2, -0.15) is 0 Å². The van der Waals surface area contributed by atoms with E-state index in [-0.39, 0.29) is 0 Å². The molecule has 0 radical (unpaired) electrons. The van der Waals surface area contributed by atoms with Crippen molar-refractivity contribution in [3.63, 3.8) is 0 Å². The molecule has 1 saturated carbocycles. The van der Waals surface area contributed by atoms with Crippen LogP contribution in [0.3, 0.4) is 0 Å². The minimum atomic E-state index is 0.387. The Bertz CT molecular complexity index is 116. The fraction of sp³-hybridized carbons (Fsp3) is 1.00. The lowest BCUT2D eigenvalue weighted by molar-refractivity contribution is 0.171. The average Bonchev–Trinajstić information content (AvgIpc) is 2.60. The Labute approximate surface area is 56.4 Å². The lowest BCUT2D eigenvalue weighted by atomic mass is 9.81. The molecular weight excluding hydrogens is 112 g/mol. The zero-order chi connectivity index (χ0) is 6.32. The summed E-state index contributed by atoms with van der Waals surface area (Å²) in [6.07, 6.45) is 5.53. The smallest absolute Gasteiger partial charge is 0.0941 e. The Morgan fingerprint density at radius 3 is 2.67 bits per heavy atom. The molecule has 1 aliphatic carbocycles. The fourth-order valence-electron chi connectivity index (χ4n) is 1.91. The minimum Gasteiger partial charge on any atom is -0.369 e. The molecule has 1 aliphatic heterocycles. The molecule has 2 rings (SSSR count). The molecule has 0 amide bonds. The van der Waals surface area contributed by atoms with E-state index in [0.717, 1.165) is 12.5 Å². The van der Waals surface area contributed by atoms with Gasteiger partial charge in [0, 0.05) is 0 Å². The lowest BCUT2D eigenvalue weighted by Crippen LogP contribution is -2.25. The summed E-state index contributed by atoms with van der Waals surface area (Å²) in [7, 11) is 0. The van der Waals surface area contributed by atoms with Crippen LogP contribution in [-0.4, -0.2) is 12.2 Å².